The van der Waals surface area contributed by atoms with E-state index in [1.165, 1.54) is 57.8 Å². The van der Waals surface area contributed by atoms with Gasteiger partial charge in [0.25, 0.3) is 0 Å². The van der Waals surface area contributed by atoms with Crippen LogP contribution in [0.5, 0.6) is 5.75 Å². The lowest BCUT2D eigenvalue weighted by Gasteiger charge is -2.14. The van der Waals surface area contributed by atoms with Crippen LogP contribution in [0.2, 0.25) is 0 Å². The Morgan fingerprint density at radius 1 is 0.871 bits per heavy atom. The van der Waals surface area contributed by atoms with Gasteiger partial charge in [0.05, 0.1) is 0 Å². The fraction of sp³-hybridized carbons (Fsp3) is 0.593. The molecule has 0 aliphatic heterocycles. The number of phenols is 1. The number of allylic oxidation sites excluding steroid dienone is 4. The molecule has 174 valence electrons. The minimum absolute atomic E-state index is 0.199. The first-order valence-corrected chi connectivity index (χ1v) is 12.2. The van der Waals surface area contributed by atoms with E-state index in [1.54, 1.807) is 24.3 Å². The Kier molecular flexibility index (Phi) is 16.2. The van der Waals surface area contributed by atoms with Crippen molar-refractivity contribution in [3.8, 4) is 5.75 Å². The summed E-state index contributed by atoms with van der Waals surface area (Å²) in [7, 11) is 0. The summed E-state index contributed by atoms with van der Waals surface area (Å²) < 4.78 is 0. The lowest BCUT2D eigenvalue weighted by Crippen LogP contribution is -2.39. The number of rotatable bonds is 19. The summed E-state index contributed by atoms with van der Waals surface area (Å²) >= 11 is 0. The van der Waals surface area contributed by atoms with Gasteiger partial charge in [-0.2, -0.15) is 0 Å². The van der Waals surface area contributed by atoms with E-state index in [0.717, 1.165) is 31.4 Å². The average molecular weight is 430 g/mol. The Morgan fingerprint density at radius 3 is 2.06 bits per heavy atom. The third-order valence-corrected chi connectivity index (χ3v) is 5.44. The van der Waals surface area contributed by atoms with E-state index >= 15 is 0 Å². The number of benzene rings is 1. The molecule has 0 spiro atoms. The first-order valence-electron chi connectivity index (χ1n) is 12.2. The molecule has 4 nitrogen and oxygen atoms in total. The van der Waals surface area contributed by atoms with Crippen molar-refractivity contribution in [3.05, 3.63) is 54.1 Å². The van der Waals surface area contributed by atoms with Crippen molar-refractivity contribution in [1.82, 2.24) is 5.32 Å². The predicted octanol–water partition coefficient (Wildman–Crippen LogP) is 6.79. The van der Waals surface area contributed by atoms with Gasteiger partial charge in [0.15, 0.2) is 0 Å². The van der Waals surface area contributed by atoms with E-state index in [-0.39, 0.29) is 5.75 Å². The quantitative estimate of drug-likeness (QED) is 0.167. The summed E-state index contributed by atoms with van der Waals surface area (Å²) in [5, 5.41) is 21.9. The van der Waals surface area contributed by atoms with Gasteiger partial charge in [-0.05, 0) is 69.2 Å². The van der Waals surface area contributed by atoms with Crippen LogP contribution in [0, 0.1) is 0 Å². The number of carboxylic acid groups (broad SMARTS) is 1. The Hall–Kier alpha value is -2.07. The smallest absolute Gasteiger partial charge is 0.321 e. The number of hydrogen-bond donors (Lipinski definition) is 3. The molecule has 0 bridgehead atoms. The van der Waals surface area contributed by atoms with E-state index in [1.807, 2.05) is 0 Å². The second kappa shape index (κ2) is 18.7. The lowest BCUT2D eigenvalue weighted by molar-refractivity contribution is -0.139. The van der Waals surface area contributed by atoms with Gasteiger partial charge in [0.2, 0.25) is 0 Å². The minimum atomic E-state index is -0.826. The monoisotopic (exact) mass is 429 g/mol. The maximum absolute atomic E-state index is 11.5. The molecule has 1 atom stereocenters. The highest BCUT2D eigenvalue weighted by Crippen LogP contribution is 2.12. The molecular weight excluding hydrogens is 386 g/mol. The van der Waals surface area contributed by atoms with Gasteiger partial charge >= 0.3 is 5.97 Å². The van der Waals surface area contributed by atoms with Crippen molar-refractivity contribution in [2.45, 2.75) is 96.4 Å². The maximum atomic E-state index is 11.5. The average Bonchev–Trinajstić information content (AvgIpc) is 2.76. The van der Waals surface area contributed by atoms with Crippen molar-refractivity contribution in [3.63, 3.8) is 0 Å². The minimum Gasteiger partial charge on any atom is -0.508 e. The molecule has 0 amide bonds. The summed E-state index contributed by atoms with van der Waals surface area (Å²) in [6.07, 6.45) is 24.1. The van der Waals surface area contributed by atoms with Gasteiger partial charge < -0.3 is 15.5 Å². The van der Waals surface area contributed by atoms with E-state index in [0.29, 0.717) is 6.42 Å². The number of hydrogen-bond acceptors (Lipinski definition) is 3. The van der Waals surface area contributed by atoms with Crippen LogP contribution < -0.4 is 5.32 Å². The Balaban J connectivity index is 1.97. The Labute approximate surface area is 189 Å². The van der Waals surface area contributed by atoms with E-state index < -0.39 is 12.0 Å². The summed E-state index contributed by atoms with van der Waals surface area (Å²) in [4.78, 5) is 11.5. The van der Waals surface area contributed by atoms with Crippen LogP contribution in [0.3, 0.4) is 0 Å². The van der Waals surface area contributed by atoms with Crippen LogP contribution in [-0.2, 0) is 11.2 Å². The lowest BCUT2D eigenvalue weighted by atomic mass is 10.1. The number of unbranched alkanes of at least 4 members (excludes halogenated alkanes) is 9. The standard InChI is InChI=1S/C27H43NO3/c1-2-3-4-5-6-7-8-9-10-11-12-13-14-15-16-17-22-28-26(27(30)31)23-24-18-20-25(29)21-19-24/h6-7,9-10,18-21,26,28-29H,2-5,8,11-17,22-23H2,1H3,(H,30,31)/b7-6-,10-9-/t26-/m0/s1. The number of phenolic OH excluding ortho intramolecular Hbond substituents is 1. The van der Waals surface area contributed by atoms with Crippen LogP contribution in [0.4, 0.5) is 0 Å². The number of carboxylic acids is 1. The van der Waals surface area contributed by atoms with E-state index in [2.05, 4.69) is 36.5 Å². The zero-order valence-electron chi connectivity index (χ0n) is 19.4. The van der Waals surface area contributed by atoms with Gasteiger partial charge in [0, 0.05) is 0 Å². The van der Waals surface area contributed by atoms with Crippen molar-refractivity contribution in [2.75, 3.05) is 6.54 Å². The molecule has 0 fully saturated rings. The Bertz CT molecular complexity index is 622. The first-order chi connectivity index (χ1) is 15.1. The molecule has 0 aliphatic carbocycles. The van der Waals surface area contributed by atoms with Gasteiger partial charge in [-0.25, -0.2) is 0 Å². The van der Waals surface area contributed by atoms with Crippen LogP contribution >= 0.6 is 0 Å². The van der Waals surface area contributed by atoms with Crippen molar-refractivity contribution in [1.29, 1.82) is 0 Å². The van der Waals surface area contributed by atoms with E-state index in [9.17, 15) is 15.0 Å². The summed E-state index contributed by atoms with van der Waals surface area (Å²) in [5.74, 6) is -0.627. The van der Waals surface area contributed by atoms with Crippen LogP contribution in [-0.4, -0.2) is 28.8 Å². The molecule has 0 aromatic heterocycles. The topological polar surface area (TPSA) is 69.6 Å². The second-order valence-corrected chi connectivity index (χ2v) is 8.30. The zero-order chi connectivity index (χ0) is 22.6. The van der Waals surface area contributed by atoms with Crippen LogP contribution in [0.1, 0.15) is 89.5 Å². The van der Waals surface area contributed by atoms with Crippen LogP contribution in [0.15, 0.2) is 48.6 Å². The summed E-state index contributed by atoms with van der Waals surface area (Å²) in [6, 6.07) is 6.15. The molecule has 3 N–H and O–H groups in total. The molecular formula is C27H43NO3. The molecule has 0 aliphatic rings. The third-order valence-electron chi connectivity index (χ3n) is 5.44. The molecule has 1 rings (SSSR count). The molecule has 0 unspecified atom stereocenters. The molecule has 1 aromatic carbocycles. The third kappa shape index (κ3) is 15.4. The number of carbonyl (C=O) groups is 1. The summed E-state index contributed by atoms with van der Waals surface area (Å²) in [6.45, 7) is 2.97. The number of aliphatic carboxylic acids is 1. The molecule has 0 saturated heterocycles. The van der Waals surface area contributed by atoms with Gasteiger partial charge in [0.1, 0.15) is 11.8 Å². The second-order valence-electron chi connectivity index (χ2n) is 8.30. The molecule has 0 radical (unpaired) electrons. The highest BCUT2D eigenvalue weighted by Gasteiger charge is 2.16. The SMILES string of the molecule is CCCCC/C=C\C/C=C\CCCCCCCCN[C@@H](Cc1ccc(O)cc1)C(=O)O. The normalized spacial score (nSPS) is 12.7. The highest BCUT2D eigenvalue weighted by molar-refractivity contribution is 5.73. The van der Waals surface area contributed by atoms with E-state index in [4.69, 9.17) is 0 Å². The molecule has 0 saturated carbocycles. The fourth-order valence-electron chi connectivity index (χ4n) is 3.50. The first kappa shape index (κ1) is 27.0. The van der Waals surface area contributed by atoms with Crippen molar-refractivity contribution in [2.24, 2.45) is 0 Å². The van der Waals surface area contributed by atoms with Gasteiger partial charge in [-0.15, -0.1) is 0 Å². The van der Waals surface area contributed by atoms with Crippen LogP contribution in [0.25, 0.3) is 0 Å². The maximum Gasteiger partial charge on any atom is 0.321 e. The summed E-state index contributed by atoms with van der Waals surface area (Å²) in [5.41, 5.74) is 0.912. The molecule has 1 aromatic rings. The molecule has 31 heavy (non-hydrogen) atoms. The zero-order valence-corrected chi connectivity index (χ0v) is 19.4. The predicted molar refractivity (Wildman–Crippen MR) is 131 cm³/mol. The van der Waals surface area contributed by atoms with Crippen molar-refractivity contribution >= 4 is 5.97 Å². The van der Waals surface area contributed by atoms with Crippen molar-refractivity contribution < 1.29 is 15.0 Å². The largest absolute Gasteiger partial charge is 0.508 e. The molecule has 0 heterocycles. The highest BCUT2D eigenvalue weighted by atomic mass is 16.4. The van der Waals surface area contributed by atoms with Gasteiger partial charge in [-0.3, -0.25) is 4.79 Å². The fourth-order valence-corrected chi connectivity index (χ4v) is 3.50. The Morgan fingerprint density at radius 2 is 1.45 bits per heavy atom. The van der Waals surface area contributed by atoms with Gasteiger partial charge in [-0.1, -0.05) is 81.9 Å². The number of aromatic hydroxyl groups is 1. The molecule has 4 heteroatoms. The number of nitrogens with one attached hydrogen (secondary N) is 1.